The van der Waals surface area contributed by atoms with Gasteiger partial charge in [-0.2, -0.15) is 0 Å². The number of pyridine rings is 1. The second-order valence-electron chi connectivity index (χ2n) is 4.35. The fourth-order valence-corrected chi connectivity index (χ4v) is 2.06. The van der Waals surface area contributed by atoms with Gasteiger partial charge in [-0.1, -0.05) is 6.07 Å². The number of rotatable bonds is 5. The van der Waals surface area contributed by atoms with Gasteiger partial charge in [0.25, 0.3) is 0 Å². The van der Waals surface area contributed by atoms with Gasteiger partial charge >= 0.3 is 0 Å². The van der Waals surface area contributed by atoms with Crippen LogP contribution < -0.4 is 5.32 Å². The third-order valence-electron chi connectivity index (χ3n) is 3.10. The van der Waals surface area contributed by atoms with E-state index in [1.54, 1.807) is 0 Å². The van der Waals surface area contributed by atoms with Gasteiger partial charge in [0.2, 0.25) is 0 Å². The average Bonchev–Trinajstić information content (AvgIpc) is 2.79. The summed E-state index contributed by atoms with van der Waals surface area (Å²) in [6.07, 6.45) is 5.91. The summed E-state index contributed by atoms with van der Waals surface area (Å²) in [6.45, 7) is 4.94. The van der Waals surface area contributed by atoms with Crippen LogP contribution in [0.2, 0.25) is 0 Å². The van der Waals surface area contributed by atoms with Gasteiger partial charge in [-0.3, -0.25) is 4.98 Å². The Morgan fingerprint density at radius 3 is 3.25 bits per heavy atom. The van der Waals surface area contributed by atoms with Gasteiger partial charge < -0.3 is 10.1 Å². The molecule has 1 fully saturated rings. The van der Waals surface area contributed by atoms with Crippen LogP contribution in [0, 0.1) is 6.92 Å². The highest BCUT2D eigenvalue weighted by Crippen LogP contribution is 2.14. The topological polar surface area (TPSA) is 34.2 Å². The maximum absolute atomic E-state index is 5.58. The first-order valence-electron chi connectivity index (χ1n) is 6.09. The van der Waals surface area contributed by atoms with E-state index in [2.05, 4.69) is 23.3 Å². The fraction of sp³-hybridized carbons (Fsp3) is 0.615. The van der Waals surface area contributed by atoms with E-state index in [1.807, 2.05) is 12.3 Å². The quantitative estimate of drug-likeness (QED) is 0.771. The Hall–Kier alpha value is -0.930. The molecule has 2 rings (SSSR count). The predicted molar refractivity (Wildman–Crippen MR) is 64.3 cm³/mol. The number of aryl methyl sites for hydroxylation is 1. The molecule has 0 saturated carbocycles. The number of aromatic nitrogens is 1. The van der Waals surface area contributed by atoms with Gasteiger partial charge in [0, 0.05) is 25.0 Å². The highest BCUT2D eigenvalue weighted by Gasteiger charge is 2.14. The van der Waals surface area contributed by atoms with Crippen LogP contribution in [0.4, 0.5) is 0 Å². The van der Waals surface area contributed by atoms with Crippen molar-refractivity contribution in [3.8, 4) is 0 Å². The molecule has 1 N–H and O–H groups in total. The minimum absolute atomic E-state index is 0.488. The Bertz CT molecular complexity index is 321. The van der Waals surface area contributed by atoms with E-state index < -0.39 is 0 Å². The Balaban J connectivity index is 1.66. The zero-order valence-corrected chi connectivity index (χ0v) is 9.91. The third kappa shape index (κ3) is 3.29. The minimum Gasteiger partial charge on any atom is -0.378 e. The zero-order valence-electron chi connectivity index (χ0n) is 9.91. The molecule has 3 nitrogen and oxygen atoms in total. The van der Waals surface area contributed by atoms with Gasteiger partial charge in [-0.25, -0.2) is 0 Å². The van der Waals surface area contributed by atoms with E-state index in [4.69, 9.17) is 4.74 Å². The molecule has 0 amide bonds. The average molecular weight is 220 g/mol. The number of nitrogens with one attached hydrogen (secondary N) is 1. The Kier molecular flexibility index (Phi) is 4.31. The SMILES string of the molecule is Cc1ncccc1CNCCC1CCCO1. The van der Waals surface area contributed by atoms with Gasteiger partial charge in [0.15, 0.2) is 0 Å². The van der Waals surface area contributed by atoms with Crippen molar-refractivity contribution in [3.63, 3.8) is 0 Å². The van der Waals surface area contributed by atoms with E-state index in [9.17, 15) is 0 Å². The summed E-state index contributed by atoms with van der Waals surface area (Å²) < 4.78 is 5.58. The summed E-state index contributed by atoms with van der Waals surface area (Å²) in [7, 11) is 0. The van der Waals surface area contributed by atoms with E-state index in [1.165, 1.54) is 18.4 Å². The number of nitrogens with zero attached hydrogens (tertiary/aromatic N) is 1. The van der Waals surface area contributed by atoms with Gasteiger partial charge in [-0.15, -0.1) is 0 Å². The lowest BCUT2D eigenvalue weighted by Crippen LogP contribution is -2.20. The molecule has 1 unspecified atom stereocenters. The Labute approximate surface area is 97.2 Å². The smallest absolute Gasteiger partial charge is 0.0588 e. The molecule has 1 aliphatic heterocycles. The molecule has 1 atom stereocenters. The first-order chi connectivity index (χ1) is 7.86. The molecule has 0 radical (unpaired) electrons. The first-order valence-corrected chi connectivity index (χ1v) is 6.09. The summed E-state index contributed by atoms with van der Waals surface area (Å²) in [5.41, 5.74) is 2.40. The lowest BCUT2D eigenvalue weighted by atomic mass is 10.1. The van der Waals surface area contributed by atoms with E-state index in [0.717, 1.165) is 31.8 Å². The Morgan fingerprint density at radius 2 is 2.50 bits per heavy atom. The number of hydrogen-bond acceptors (Lipinski definition) is 3. The minimum atomic E-state index is 0.488. The maximum atomic E-state index is 5.58. The first kappa shape index (κ1) is 11.6. The van der Waals surface area contributed by atoms with Crippen molar-refractivity contribution >= 4 is 0 Å². The molecule has 1 aliphatic rings. The summed E-state index contributed by atoms with van der Waals surface area (Å²) in [5.74, 6) is 0. The van der Waals surface area contributed by atoms with Crippen LogP contribution in [0.25, 0.3) is 0 Å². The van der Waals surface area contributed by atoms with Gasteiger partial charge in [0.1, 0.15) is 0 Å². The van der Waals surface area contributed by atoms with Crippen molar-refractivity contribution in [1.82, 2.24) is 10.3 Å². The molecule has 88 valence electrons. The van der Waals surface area contributed by atoms with Gasteiger partial charge in [-0.05, 0) is 44.4 Å². The van der Waals surface area contributed by atoms with Crippen molar-refractivity contribution in [2.45, 2.75) is 38.8 Å². The molecule has 0 spiro atoms. The second-order valence-corrected chi connectivity index (χ2v) is 4.35. The lowest BCUT2D eigenvalue weighted by Gasteiger charge is -2.10. The van der Waals surface area contributed by atoms with E-state index in [-0.39, 0.29) is 0 Å². The largest absolute Gasteiger partial charge is 0.378 e. The summed E-state index contributed by atoms with van der Waals surface area (Å²) in [6, 6.07) is 4.12. The van der Waals surface area contributed by atoms with Crippen molar-refractivity contribution in [2.75, 3.05) is 13.2 Å². The number of hydrogen-bond donors (Lipinski definition) is 1. The van der Waals surface area contributed by atoms with Gasteiger partial charge in [0.05, 0.1) is 6.10 Å². The normalized spacial score (nSPS) is 20.2. The molecule has 0 aromatic carbocycles. The molecular weight excluding hydrogens is 200 g/mol. The van der Waals surface area contributed by atoms with Crippen LogP contribution in [0.1, 0.15) is 30.5 Å². The van der Waals surface area contributed by atoms with E-state index >= 15 is 0 Å². The molecule has 1 aromatic rings. The van der Waals surface area contributed by atoms with Crippen LogP contribution in [-0.2, 0) is 11.3 Å². The molecule has 0 bridgehead atoms. The van der Waals surface area contributed by atoms with Crippen molar-refractivity contribution in [3.05, 3.63) is 29.6 Å². The molecule has 3 heteroatoms. The van der Waals surface area contributed by atoms with Crippen molar-refractivity contribution in [2.24, 2.45) is 0 Å². The summed E-state index contributed by atoms with van der Waals surface area (Å²) in [4.78, 5) is 4.27. The maximum Gasteiger partial charge on any atom is 0.0588 e. The zero-order chi connectivity index (χ0) is 11.2. The molecule has 1 aromatic heterocycles. The summed E-state index contributed by atoms with van der Waals surface area (Å²) >= 11 is 0. The monoisotopic (exact) mass is 220 g/mol. The number of ether oxygens (including phenoxy) is 1. The molecule has 0 aliphatic carbocycles. The molecular formula is C13H20N2O. The third-order valence-corrected chi connectivity index (χ3v) is 3.10. The fourth-order valence-electron chi connectivity index (χ4n) is 2.06. The van der Waals surface area contributed by atoms with Crippen molar-refractivity contribution < 1.29 is 4.74 Å². The van der Waals surface area contributed by atoms with Crippen LogP contribution in [-0.4, -0.2) is 24.2 Å². The molecule has 2 heterocycles. The van der Waals surface area contributed by atoms with Crippen LogP contribution in [0.3, 0.4) is 0 Å². The predicted octanol–water partition coefficient (Wildman–Crippen LogP) is 2.05. The van der Waals surface area contributed by atoms with E-state index in [0.29, 0.717) is 6.10 Å². The van der Waals surface area contributed by atoms with Crippen LogP contribution in [0.15, 0.2) is 18.3 Å². The Morgan fingerprint density at radius 1 is 1.56 bits per heavy atom. The second kappa shape index (κ2) is 5.97. The van der Waals surface area contributed by atoms with Crippen LogP contribution in [0.5, 0.6) is 0 Å². The lowest BCUT2D eigenvalue weighted by molar-refractivity contribution is 0.104. The van der Waals surface area contributed by atoms with Crippen molar-refractivity contribution in [1.29, 1.82) is 0 Å². The highest BCUT2D eigenvalue weighted by atomic mass is 16.5. The van der Waals surface area contributed by atoms with Crippen LogP contribution >= 0.6 is 0 Å². The standard InChI is InChI=1S/C13H20N2O/c1-11-12(4-2-7-15-11)10-14-8-6-13-5-3-9-16-13/h2,4,7,13-14H,3,5-6,8-10H2,1H3. The molecule has 1 saturated heterocycles. The molecule has 16 heavy (non-hydrogen) atoms. The highest BCUT2D eigenvalue weighted by molar-refractivity contribution is 5.17. The summed E-state index contributed by atoms with van der Waals surface area (Å²) in [5, 5.41) is 3.45.